The maximum Gasteiger partial charge on any atom is 0.284 e. The molecule has 4 aromatic rings. The molecule has 0 aliphatic heterocycles. The molecule has 0 amide bonds. The lowest BCUT2D eigenvalue weighted by molar-refractivity contribution is 0.414. The van der Waals surface area contributed by atoms with Gasteiger partial charge in [0.05, 0.1) is 17.3 Å². The van der Waals surface area contributed by atoms with E-state index in [1.54, 1.807) is 18.4 Å². The maximum atomic E-state index is 5.71. The number of nitrogens with zero attached hydrogens (tertiary/aromatic N) is 3. The molecule has 23 heavy (non-hydrogen) atoms. The Hall–Kier alpha value is -2.38. The quantitative estimate of drug-likeness (QED) is 0.544. The third-order valence-electron chi connectivity index (χ3n) is 3.19. The van der Waals surface area contributed by atoms with E-state index in [4.69, 9.17) is 9.15 Å². The Balaban J connectivity index is 1.57. The van der Waals surface area contributed by atoms with E-state index in [0.29, 0.717) is 11.1 Å². The van der Waals surface area contributed by atoms with Crippen LogP contribution in [0.5, 0.6) is 5.75 Å². The van der Waals surface area contributed by atoms with Crippen molar-refractivity contribution in [2.45, 2.75) is 9.56 Å². The van der Waals surface area contributed by atoms with E-state index >= 15 is 0 Å². The van der Waals surface area contributed by atoms with E-state index in [2.05, 4.69) is 15.2 Å². The van der Waals surface area contributed by atoms with Crippen LogP contribution in [0, 0.1) is 0 Å². The first-order valence-corrected chi connectivity index (χ1v) is 8.46. The molecule has 0 aliphatic carbocycles. The van der Waals surface area contributed by atoms with E-state index in [1.165, 1.54) is 11.8 Å². The van der Waals surface area contributed by atoms with Crippen LogP contribution in [0.25, 0.3) is 21.7 Å². The van der Waals surface area contributed by atoms with Gasteiger partial charge in [0.1, 0.15) is 5.75 Å². The number of hydrogen-bond acceptors (Lipinski definition) is 7. The summed E-state index contributed by atoms with van der Waals surface area (Å²) in [6.07, 6.45) is 0. The van der Waals surface area contributed by atoms with Gasteiger partial charge in [-0.2, -0.15) is 0 Å². The van der Waals surface area contributed by atoms with Crippen molar-refractivity contribution in [1.82, 2.24) is 15.2 Å². The van der Waals surface area contributed by atoms with Crippen LogP contribution in [0.2, 0.25) is 0 Å². The summed E-state index contributed by atoms with van der Waals surface area (Å²) in [6.45, 7) is 0. The second-order valence-electron chi connectivity index (χ2n) is 4.65. The predicted octanol–water partition coefficient (Wildman–Crippen LogP) is 4.51. The van der Waals surface area contributed by atoms with Gasteiger partial charge in [-0.15, -0.1) is 21.5 Å². The van der Waals surface area contributed by atoms with Crippen molar-refractivity contribution in [3.63, 3.8) is 0 Å². The number of methoxy groups -OCH3 is 1. The van der Waals surface area contributed by atoms with Crippen LogP contribution in [0.4, 0.5) is 0 Å². The van der Waals surface area contributed by atoms with Gasteiger partial charge in [0.25, 0.3) is 5.22 Å². The van der Waals surface area contributed by atoms with Gasteiger partial charge in [0.15, 0.2) is 4.34 Å². The van der Waals surface area contributed by atoms with Gasteiger partial charge >= 0.3 is 0 Å². The number of para-hydroxylation sites is 1. The summed E-state index contributed by atoms with van der Waals surface area (Å²) in [6, 6.07) is 15.5. The molecule has 0 radical (unpaired) electrons. The highest BCUT2D eigenvalue weighted by Crippen LogP contribution is 2.34. The fraction of sp³-hybridized carbons (Fsp3) is 0.0625. The summed E-state index contributed by atoms with van der Waals surface area (Å²) in [5, 5.41) is 8.65. The molecule has 0 unspecified atom stereocenters. The minimum atomic E-state index is 0.481. The van der Waals surface area contributed by atoms with Crippen LogP contribution in [-0.4, -0.2) is 22.3 Å². The lowest BCUT2D eigenvalue weighted by atomic mass is 10.2. The van der Waals surface area contributed by atoms with E-state index in [0.717, 1.165) is 25.9 Å². The highest BCUT2D eigenvalue weighted by Gasteiger charge is 2.12. The van der Waals surface area contributed by atoms with Gasteiger partial charge in [-0.25, -0.2) is 4.98 Å². The summed E-state index contributed by atoms with van der Waals surface area (Å²) in [5.41, 5.74) is 1.84. The molecule has 114 valence electrons. The summed E-state index contributed by atoms with van der Waals surface area (Å²) < 4.78 is 12.9. The van der Waals surface area contributed by atoms with Crippen LogP contribution < -0.4 is 4.74 Å². The van der Waals surface area contributed by atoms with Crippen LogP contribution in [0.15, 0.2) is 62.5 Å². The fourth-order valence-corrected chi connectivity index (χ4v) is 3.91. The lowest BCUT2D eigenvalue weighted by Crippen LogP contribution is -1.82. The molecule has 2 heterocycles. The summed E-state index contributed by atoms with van der Waals surface area (Å²) in [7, 11) is 1.63. The minimum Gasteiger partial charge on any atom is -0.497 e. The molecule has 0 saturated heterocycles. The minimum absolute atomic E-state index is 0.481. The SMILES string of the molecule is COc1ccc(-c2nnc(Sc3nc4ccccc4s3)o2)cc1. The summed E-state index contributed by atoms with van der Waals surface area (Å²) in [4.78, 5) is 4.55. The Labute approximate surface area is 140 Å². The van der Waals surface area contributed by atoms with Gasteiger partial charge in [-0.3, -0.25) is 0 Å². The molecule has 7 heteroatoms. The number of hydrogen-bond donors (Lipinski definition) is 0. The fourth-order valence-electron chi connectivity index (χ4n) is 2.07. The average molecular weight is 341 g/mol. The third kappa shape index (κ3) is 2.93. The molecule has 4 rings (SSSR count). The molecule has 0 aliphatic rings. The zero-order chi connectivity index (χ0) is 15.6. The van der Waals surface area contributed by atoms with E-state index in [-0.39, 0.29) is 0 Å². The Morgan fingerprint density at radius 1 is 1.04 bits per heavy atom. The normalized spacial score (nSPS) is 11.0. The van der Waals surface area contributed by atoms with Crippen LogP contribution in [0.3, 0.4) is 0 Å². The smallest absolute Gasteiger partial charge is 0.284 e. The van der Waals surface area contributed by atoms with Crippen molar-refractivity contribution in [3.05, 3.63) is 48.5 Å². The molecule has 0 bridgehead atoms. The lowest BCUT2D eigenvalue weighted by Gasteiger charge is -1.99. The highest BCUT2D eigenvalue weighted by molar-refractivity contribution is 8.00. The van der Waals surface area contributed by atoms with Crippen molar-refractivity contribution >= 4 is 33.3 Å². The van der Waals surface area contributed by atoms with Crippen molar-refractivity contribution < 1.29 is 9.15 Å². The van der Waals surface area contributed by atoms with Gasteiger partial charge in [-0.1, -0.05) is 12.1 Å². The standard InChI is InChI=1S/C16H11N3O2S2/c1-20-11-8-6-10(7-9-11)14-18-19-15(21-14)23-16-17-12-4-2-3-5-13(12)22-16/h2-9H,1H3. The Morgan fingerprint density at radius 3 is 2.65 bits per heavy atom. The molecule has 0 spiro atoms. The molecule has 0 fully saturated rings. The Bertz CT molecular complexity index is 914. The molecule has 2 aromatic heterocycles. The first-order valence-electron chi connectivity index (χ1n) is 6.83. The zero-order valence-corrected chi connectivity index (χ0v) is 13.7. The van der Waals surface area contributed by atoms with E-state index in [1.807, 2.05) is 48.5 Å². The van der Waals surface area contributed by atoms with Gasteiger partial charge < -0.3 is 9.15 Å². The number of ether oxygens (including phenoxy) is 1. The maximum absolute atomic E-state index is 5.71. The first-order chi connectivity index (χ1) is 11.3. The monoisotopic (exact) mass is 341 g/mol. The largest absolute Gasteiger partial charge is 0.497 e. The van der Waals surface area contributed by atoms with E-state index in [9.17, 15) is 0 Å². The highest BCUT2D eigenvalue weighted by atomic mass is 32.2. The number of fused-ring (bicyclic) bond motifs is 1. The number of benzene rings is 2. The van der Waals surface area contributed by atoms with Crippen molar-refractivity contribution in [3.8, 4) is 17.2 Å². The predicted molar refractivity (Wildman–Crippen MR) is 90.0 cm³/mol. The molecular formula is C16H11N3O2S2. The zero-order valence-electron chi connectivity index (χ0n) is 12.1. The van der Waals surface area contributed by atoms with Crippen LogP contribution in [-0.2, 0) is 0 Å². The van der Waals surface area contributed by atoms with Gasteiger partial charge in [0.2, 0.25) is 5.89 Å². The Kier molecular flexibility index (Phi) is 3.72. The van der Waals surface area contributed by atoms with Crippen molar-refractivity contribution in [1.29, 1.82) is 0 Å². The molecule has 2 aromatic carbocycles. The summed E-state index contributed by atoms with van der Waals surface area (Å²) >= 11 is 2.99. The molecular weight excluding hydrogens is 330 g/mol. The van der Waals surface area contributed by atoms with Crippen LogP contribution in [0.1, 0.15) is 0 Å². The average Bonchev–Trinajstić information content (AvgIpc) is 3.21. The van der Waals surface area contributed by atoms with Gasteiger partial charge in [0, 0.05) is 17.3 Å². The molecule has 5 nitrogen and oxygen atoms in total. The molecule has 0 N–H and O–H groups in total. The second kappa shape index (κ2) is 6.02. The van der Waals surface area contributed by atoms with Gasteiger partial charge in [-0.05, 0) is 36.4 Å². The Morgan fingerprint density at radius 2 is 1.87 bits per heavy atom. The van der Waals surface area contributed by atoms with Crippen molar-refractivity contribution in [2.24, 2.45) is 0 Å². The van der Waals surface area contributed by atoms with Crippen LogP contribution >= 0.6 is 23.1 Å². The second-order valence-corrected chi connectivity index (χ2v) is 6.88. The summed E-state index contributed by atoms with van der Waals surface area (Å²) in [5.74, 6) is 1.27. The third-order valence-corrected chi connectivity index (χ3v) is 5.13. The topological polar surface area (TPSA) is 61.0 Å². The molecule has 0 atom stereocenters. The number of aromatic nitrogens is 3. The molecule has 0 saturated carbocycles. The number of rotatable bonds is 4. The van der Waals surface area contributed by atoms with Crippen molar-refractivity contribution in [2.75, 3.05) is 7.11 Å². The number of thiazole rings is 1. The van der Waals surface area contributed by atoms with E-state index < -0.39 is 0 Å². The first kappa shape index (κ1) is 14.2.